The third-order valence-electron chi connectivity index (χ3n) is 3.91. The molecule has 0 aliphatic rings. The smallest absolute Gasteiger partial charge is 0.225 e. The molecule has 0 aliphatic heterocycles. The molecule has 6 heteroatoms. The summed E-state index contributed by atoms with van der Waals surface area (Å²) in [6.07, 6.45) is 0.0339. The van der Waals surface area contributed by atoms with Gasteiger partial charge in [-0.05, 0) is 31.3 Å². The third-order valence-corrected chi connectivity index (χ3v) is 3.91. The van der Waals surface area contributed by atoms with Gasteiger partial charge in [-0.15, -0.1) is 0 Å². The molecule has 0 bridgehead atoms. The van der Waals surface area contributed by atoms with E-state index >= 15 is 0 Å². The van der Waals surface area contributed by atoms with Crippen molar-refractivity contribution in [1.82, 2.24) is 19.7 Å². The van der Waals surface area contributed by atoms with E-state index in [9.17, 15) is 4.79 Å². The van der Waals surface area contributed by atoms with E-state index in [4.69, 9.17) is 5.73 Å². The number of nitrogens with two attached hydrogens (primary N) is 1. The predicted molar refractivity (Wildman–Crippen MR) is 101 cm³/mol. The van der Waals surface area contributed by atoms with Crippen LogP contribution in [0.15, 0.2) is 54.6 Å². The number of primary amides is 1. The van der Waals surface area contributed by atoms with Crippen LogP contribution < -0.4 is 5.73 Å². The number of hydrogen-bond donors (Lipinski definition) is 1. The fourth-order valence-corrected chi connectivity index (χ4v) is 2.87. The Hall–Kier alpha value is -2.99. The molecular weight excluding hydrogens is 326 g/mol. The monoisotopic (exact) mass is 349 g/mol. The largest absolute Gasteiger partial charge is 0.369 e. The fourth-order valence-electron chi connectivity index (χ4n) is 2.87. The zero-order valence-electron chi connectivity index (χ0n) is 15.1. The second-order valence-corrected chi connectivity index (χ2v) is 6.58. The van der Waals surface area contributed by atoms with E-state index in [1.165, 1.54) is 5.56 Å². The van der Waals surface area contributed by atoms with Crippen LogP contribution in [0, 0.1) is 0 Å². The van der Waals surface area contributed by atoms with E-state index in [0.29, 0.717) is 12.4 Å². The number of carbonyl (C=O) groups is 1. The number of hydrogen-bond acceptors (Lipinski definition) is 4. The Labute approximate surface area is 153 Å². The highest BCUT2D eigenvalue weighted by Crippen LogP contribution is 2.21. The van der Waals surface area contributed by atoms with Crippen LogP contribution in [0.25, 0.3) is 11.4 Å². The first-order valence-electron chi connectivity index (χ1n) is 8.51. The van der Waals surface area contributed by atoms with Crippen molar-refractivity contribution in [3.05, 3.63) is 71.5 Å². The molecule has 2 N–H and O–H groups in total. The predicted octanol–water partition coefficient (Wildman–Crippen LogP) is 2.08. The van der Waals surface area contributed by atoms with Gasteiger partial charge < -0.3 is 10.6 Å². The van der Waals surface area contributed by atoms with Crippen molar-refractivity contribution in [2.75, 3.05) is 14.1 Å². The number of benzene rings is 2. The van der Waals surface area contributed by atoms with E-state index in [1.807, 2.05) is 61.2 Å². The van der Waals surface area contributed by atoms with Crippen molar-refractivity contribution in [3.8, 4) is 11.4 Å². The first kappa shape index (κ1) is 17.8. The van der Waals surface area contributed by atoms with Crippen LogP contribution in [-0.4, -0.2) is 39.7 Å². The van der Waals surface area contributed by atoms with Gasteiger partial charge in [0.05, 0.1) is 13.0 Å². The molecule has 0 unspecified atom stereocenters. The molecule has 0 saturated carbocycles. The van der Waals surface area contributed by atoms with E-state index in [1.54, 1.807) is 0 Å². The van der Waals surface area contributed by atoms with Crippen molar-refractivity contribution >= 4 is 5.91 Å². The van der Waals surface area contributed by atoms with E-state index in [2.05, 4.69) is 27.1 Å². The van der Waals surface area contributed by atoms with E-state index < -0.39 is 5.91 Å². The van der Waals surface area contributed by atoms with Gasteiger partial charge in [0, 0.05) is 12.1 Å². The Kier molecular flexibility index (Phi) is 5.43. The van der Waals surface area contributed by atoms with E-state index in [0.717, 1.165) is 23.5 Å². The minimum atomic E-state index is -0.435. The van der Waals surface area contributed by atoms with E-state index in [-0.39, 0.29) is 6.42 Å². The summed E-state index contributed by atoms with van der Waals surface area (Å²) in [7, 11) is 4.07. The summed E-state index contributed by atoms with van der Waals surface area (Å²) in [4.78, 5) is 18.0. The normalized spacial score (nSPS) is 11.0. The van der Waals surface area contributed by atoms with Gasteiger partial charge in [-0.1, -0.05) is 48.5 Å². The van der Waals surface area contributed by atoms with Crippen LogP contribution in [0.3, 0.4) is 0 Å². The summed E-state index contributed by atoms with van der Waals surface area (Å²) in [6.45, 7) is 1.43. The fraction of sp³-hybridized carbons (Fsp3) is 0.250. The molecule has 0 fully saturated rings. The van der Waals surface area contributed by atoms with Crippen LogP contribution in [0.2, 0.25) is 0 Å². The Morgan fingerprint density at radius 1 is 1.08 bits per heavy atom. The Morgan fingerprint density at radius 3 is 2.50 bits per heavy atom. The molecule has 6 nitrogen and oxygen atoms in total. The van der Waals surface area contributed by atoms with Gasteiger partial charge in [-0.25, -0.2) is 9.67 Å². The molecule has 134 valence electrons. The van der Waals surface area contributed by atoms with Crippen molar-refractivity contribution in [1.29, 1.82) is 0 Å². The highest BCUT2D eigenvalue weighted by atomic mass is 16.1. The minimum Gasteiger partial charge on any atom is -0.369 e. The summed E-state index contributed by atoms with van der Waals surface area (Å²) in [5.74, 6) is 0.752. The zero-order chi connectivity index (χ0) is 18.5. The quantitative estimate of drug-likeness (QED) is 0.708. The van der Waals surface area contributed by atoms with Crippen LogP contribution in [0.1, 0.15) is 17.0 Å². The van der Waals surface area contributed by atoms with Crippen molar-refractivity contribution in [3.63, 3.8) is 0 Å². The summed E-state index contributed by atoms with van der Waals surface area (Å²) < 4.78 is 1.84. The van der Waals surface area contributed by atoms with Gasteiger partial charge >= 0.3 is 0 Å². The number of rotatable bonds is 7. The van der Waals surface area contributed by atoms with Crippen molar-refractivity contribution < 1.29 is 4.79 Å². The van der Waals surface area contributed by atoms with Crippen LogP contribution in [-0.2, 0) is 24.3 Å². The number of amides is 1. The molecule has 0 spiro atoms. The minimum absolute atomic E-state index is 0.0339. The lowest BCUT2D eigenvalue weighted by atomic mass is 10.1. The first-order chi connectivity index (χ1) is 12.5. The maximum Gasteiger partial charge on any atom is 0.225 e. The Balaban J connectivity index is 1.98. The van der Waals surface area contributed by atoms with Gasteiger partial charge in [0.25, 0.3) is 0 Å². The lowest BCUT2D eigenvalue weighted by Crippen LogP contribution is -2.15. The summed E-state index contributed by atoms with van der Waals surface area (Å²) in [5, 5.41) is 4.51. The Morgan fingerprint density at radius 2 is 1.81 bits per heavy atom. The van der Waals surface area contributed by atoms with Crippen LogP contribution in [0.4, 0.5) is 0 Å². The van der Waals surface area contributed by atoms with Crippen LogP contribution >= 0.6 is 0 Å². The average Bonchev–Trinajstić information content (AvgIpc) is 2.97. The molecule has 0 saturated heterocycles. The maximum absolute atomic E-state index is 11.3. The molecule has 26 heavy (non-hydrogen) atoms. The summed E-state index contributed by atoms with van der Waals surface area (Å²) in [6, 6.07) is 18.3. The SMILES string of the molecule is CN(C)Cc1cccc(-c2nc(CC(N)=O)nn2Cc2ccccc2)c1. The van der Waals surface area contributed by atoms with Crippen LogP contribution in [0.5, 0.6) is 0 Å². The van der Waals surface area contributed by atoms with Gasteiger partial charge in [0.15, 0.2) is 11.6 Å². The van der Waals surface area contributed by atoms with Gasteiger partial charge in [-0.3, -0.25) is 4.79 Å². The lowest BCUT2D eigenvalue weighted by molar-refractivity contribution is -0.117. The molecule has 0 radical (unpaired) electrons. The number of aromatic nitrogens is 3. The standard InChI is InChI=1S/C20H23N5O/c1-24(2)13-16-9-6-10-17(11-16)20-22-19(12-18(21)26)23-25(20)14-15-7-4-3-5-8-15/h3-11H,12-14H2,1-2H3,(H2,21,26). The Bertz CT molecular complexity index is 886. The summed E-state index contributed by atoms with van der Waals surface area (Å²) in [5.41, 5.74) is 8.61. The number of nitrogens with zero attached hydrogens (tertiary/aromatic N) is 4. The molecule has 1 amide bonds. The topological polar surface area (TPSA) is 77.0 Å². The molecule has 3 rings (SSSR count). The van der Waals surface area contributed by atoms with Gasteiger partial charge in [0.2, 0.25) is 5.91 Å². The summed E-state index contributed by atoms with van der Waals surface area (Å²) >= 11 is 0. The molecule has 0 aliphatic carbocycles. The zero-order valence-corrected chi connectivity index (χ0v) is 15.1. The number of carbonyl (C=O) groups excluding carboxylic acids is 1. The highest BCUT2D eigenvalue weighted by molar-refractivity contribution is 5.75. The molecular formula is C20H23N5O. The van der Waals surface area contributed by atoms with Gasteiger partial charge in [0.1, 0.15) is 0 Å². The van der Waals surface area contributed by atoms with Crippen molar-refractivity contribution in [2.45, 2.75) is 19.5 Å². The lowest BCUT2D eigenvalue weighted by Gasteiger charge is -2.11. The van der Waals surface area contributed by atoms with Crippen molar-refractivity contribution in [2.24, 2.45) is 5.73 Å². The maximum atomic E-state index is 11.3. The molecule has 1 heterocycles. The molecule has 3 aromatic rings. The second kappa shape index (κ2) is 7.93. The molecule has 1 aromatic heterocycles. The third kappa shape index (κ3) is 4.55. The van der Waals surface area contributed by atoms with Gasteiger partial charge in [-0.2, -0.15) is 5.10 Å². The average molecular weight is 349 g/mol. The molecule has 2 aromatic carbocycles. The highest BCUT2D eigenvalue weighted by Gasteiger charge is 2.14. The second-order valence-electron chi connectivity index (χ2n) is 6.58. The first-order valence-corrected chi connectivity index (χ1v) is 8.51. The molecule has 0 atom stereocenters.